The van der Waals surface area contributed by atoms with Gasteiger partial charge in [-0.25, -0.2) is 0 Å². The quantitative estimate of drug-likeness (QED) is 0.445. The van der Waals surface area contributed by atoms with E-state index in [1.54, 1.807) is 0 Å². The van der Waals surface area contributed by atoms with E-state index in [0.717, 1.165) is 37.3 Å². The number of nitrogens with zero attached hydrogens (tertiary/aromatic N) is 1. The van der Waals surface area contributed by atoms with Gasteiger partial charge in [0.2, 0.25) is 0 Å². The van der Waals surface area contributed by atoms with Gasteiger partial charge in [0.25, 0.3) is 0 Å². The molecule has 3 heteroatoms. The zero-order valence-corrected chi connectivity index (χ0v) is 11.8. The van der Waals surface area contributed by atoms with Crippen molar-refractivity contribution in [3.05, 3.63) is 29.8 Å². The Balaban J connectivity index is 2.34. The Morgan fingerprint density at radius 3 is 2.56 bits per heavy atom. The molecule has 0 amide bonds. The molecule has 0 N–H and O–H groups in total. The van der Waals surface area contributed by atoms with Gasteiger partial charge in [-0.3, -0.25) is 0 Å². The first-order valence-corrected chi connectivity index (χ1v) is 6.68. The number of ether oxygens (including phenoxy) is 1. The van der Waals surface area contributed by atoms with Gasteiger partial charge in [0.15, 0.2) is 0 Å². The molecule has 0 bridgehead atoms. The Hall–Kier alpha value is -1.17. The first-order chi connectivity index (χ1) is 8.72. The Labute approximate surface area is 115 Å². The van der Waals surface area contributed by atoms with Gasteiger partial charge in [0, 0.05) is 24.4 Å². The molecule has 18 heavy (non-hydrogen) atoms. The fourth-order valence-corrected chi connectivity index (χ4v) is 1.51. The van der Waals surface area contributed by atoms with Gasteiger partial charge in [-0.05, 0) is 44.8 Å². The molecule has 98 valence electrons. The van der Waals surface area contributed by atoms with Crippen molar-refractivity contribution in [3.63, 3.8) is 0 Å². The summed E-state index contributed by atoms with van der Waals surface area (Å²) in [5, 5.41) is 0. The molecule has 1 aromatic carbocycles. The lowest BCUT2D eigenvalue weighted by molar-refractivity contribution is 0.281. The van der Waals surface area contributed by atoms with Crippen LogP contribution in [0.1, 0.15) is 18.4 Å². The molecule has 0 aliphatic rings. The molecule has 1 aromatic rings. The van der Waals surface area contributed by atoms with Crippen molar-refractivity contribution in [3.8, 4) is 17.6 Å². The molecular formula is C15H20ClNO. The zero-order valence-electron chi connectivity index (χ0n) is 11.1. The Morgan fingerprint density at radius 2 is 1.94 bits per heavy atom. The summed E-state index contributed by atoms with van der Waals surface area (Å²) < 4.78 is 5.64. The predicted octanol–water partition coefficient (Wildman–Crippen LogP) is 3.00. The van der Waals surface area contributed by atoms with Crippen LogP contribution in [0.2, 0.25) is 0 Å². The summed E-state index contributed by atoms with van der Waals surface area (Å²) >= 11 is 5.56. The lowest BCUT2D eigenvalue weighted by Gasteiger charge is -2.10. The second kappa shape index (κ2) is 8.85. The van der Waals surface area contributed by atoms with Crippen LogP contribution in [0, 0.1) is 11.8 Å². The van der Waals surface area contributed by atoms with E-state index in [1.165, 1.54) is 0 Å². The summed E-state index contributed by atoms with van der Waals surface area (Å²) in [5.74, 6) is 7.55. The van der Waals surface area contributed by atoms with Gasteiger partial charge in [0.1, 0.15) is 5.75 Å². The highest BCUT2D eigenvalue weighted by molar-refractivity contribution is 6.18. The Kier molecular flexibility index (Phi) is 7.32. The SMILES string of the molecule is CN(C)CCCOc1ccc(C#CCCCl)cc1. The van der Waals surface area contributed by atoms with Crippen molar-refractivity contribution >= 4 is 11.6 Å². The second-order valence-electron chi connectivity index (χ2n) is 4.27. The van der Waals surface area contributed by atoms with Crippen LogP contribution in [0.4, 0.5) is 0 Å². The monoisotopic (exact) mass is 265 g/mol. The van der Waals surface area contributed by atoms with Crippen LogP contribution in [0.5, 0.6) is 5.75 Å². The van der Waals surface area contributed by atoms with Crippen molar-refractivity contribution in [2.24, 2.45) is 0 Å². The van der Waals surface area contributed by atoms with E-state index in [9.17, 15) is 0 Å². The normalized spacial score (nSPS) is 10.0. The number of benzene rings is 1. The number of alkyl halides is 1. The fraction of sp³-hybridized carbons (Fsp3) is 0.467. The summed E-state index contributed by atoms with van der Waals surface area (Å²) in [7, 11) is 4.13. The number of halogens is 1. The standard InChI is InChI=1S/C15H20ClNO/c1-17(2)12-5-13-18-15-9-7-14(8-10-15)6-3-4-11-16/h7-10H,4-5,11-13H2,1-2H3. The van der Waals surface area contributed by atoms with Crippen LogP contribution in [-0.4, -0.2) is 38.0 Å². The van der Waals surface area contributed by atoms with Crippen molar-refractivity contribution in [2.75, 3.05) is 33.1 Å². The van der Waals surface area contributed by atoms with Crippen LogP contribution < -0.4 is 4.74 Å². The molecule has 0 saturated heterocycles. The first kappa shape index (κ1) is 14.9. The van der Waals surface area contributed by atoms with Crippen molar-refractivity contribution < 1.29 is 4.74 Å². The van der Waals surface area contributed by atoms with Crippen LogP contribution in [0.3, 0.4) is 0 Å². The third kappa shape index (κ3) is 6.54. The maximum absolute atomic E-state index is 5.64. The summed E-state index contributed by atoms with van der Waals surface area (Å²) in [6.45, 7) is 1.79. The molecule has 0 aliphatic carbocycles. The molecule has 0 saturated carbocycles. The molecular weight excluding hydrogens is 246 g/mol. The van der Waals surface area contributed by atoms with Crippen LogP contribution in [0.15, 0.2) is 24.3 Å². The van der Waals surface area contributed by atoms with E-state index in [0.29, 0.717) is 5.88 Å². The smallest absolute Gasteiger partial charge is 0.119 e. The van der Waals surface area contributed by atoms with Crippen LogP contribution >= 0.6 is 11.6 Å². The summed E-state index contributed by atoms with van der Waals surface area (Å²) in [4.78, 5) is 2.15. The molecule has 0 atom stereocenters. The first-order valence-electron chi connectivity index (χ1n) is 6.15. The highest BCUT2D eigenvalue weighted by Crippen LogP contribution is 2.11. The highest BCUT2D eigenvalue weighted by atomic mass is 35.5. The van der Waals surface area contributed by atoms with E-state index in [-0.39, 0.29) is 0 Å². The van der Waals surface area contributed by atoms with Crippen LogP contribution in [0.25, 0.3) is 0 Å². The van der Waals surface area contributed by atoms with E-state index in [2.05, 4.69) is 30.8 Å². The molecule has 0 fully saturated rings. The Bertz CT molecular complexity index is 389. The summed E-state index contributed by atoms with van der Waals surface area (Å²) in [6.07, 6.45) is 1.76. The fourth-order valence-electron chi connectivity index (χ4n) is 1.42. The zero-order chi connectivity index (χ0) is 13.2. The minimum atomic E-state index is 0.583. The van der Waals surface area contributed by atoms with Gasteiger partial charge in [-0.15, -0.1) is 11.6 Å². The average Bonchev–Trinajstić information content (AvgIpc) is 2.36. The number of hydrogen-bond donors (Lipinski definition) is 0. The van der Waals surface area contributed by atoms with Gasteiger partial charge in [-0.1, -0.05) is 11.8 Å². The second-order valence-corrected chi connectivity index (χ2v) is 4.65. The molecule has 0 spiro atoms. The predicted molar refractivity (Wildman–Crippen MR) is 77.3 cm³/mol. The Morgan fingerprint density at radius 1 is 1.22 bits per heavy atom. The van der Waals surface area contributed by atoms with E-state index < -0.39 is 0 Å². The van der Waals surface area contributed by atoms with Crippen molar-refractivity contribution in [1.82, 2.24) is 4.90 Å². The molecule has 0 heterocycles. The molecule has 2 nitrogen and oxygen atoms in total. The molecule has 0 aliphatic heterocycles. The third-order valence-electron chi connectivity index (χ3n) is 2.32. The molecule has 0 radical (unpaired) electrons. The highest BCUT2D eigenvalue weighted by Gasteiger charge is 1.95. The van der Waals surface area contributed by atoms with E-state index >= 15 is 0 Å². The third-order valence-corrected chi connectivity index (χ3v) is 2.51. The molecule has 1 rings (SSSR count). The molecule has 0 aromatic heterocycles. The molecule has 0 unspecified atom stereocenters. The summed E-state index contributed by atoms with van der Waals surface area (Å²) in [6, 6.07) is 7.87. The van der Waals surface area contributed by atoms with Crippen LogP contribution in [-0.2, 0) is 0 Å². The maximum Gasteiger partial charge on any atom is 0.119 e. The minimum Gasteiger partial charge on any atom is -0.494 e. The van der Waals surface area contributed by atoms with Gasteiger partial charge in [0.05, 0.1) is 6.61 Å². The topological polar surface area (TPSA) is 12.5 Å². The van der Waals surface area contributed by atoms with Crippen molar-refractivity contribution in [2.45, 2.75) is 12.8 Å². The average molecular weight is 266 g/mol. The van der Waals surface area contributed by atoms with E-state index in [1.807, 2.05) is 24.3 Å². The number of hydrogen-bond acceptors (Lipinski definition) is 2. The van der Waals surface area contributed by atoms with Gasteiger partial charge < -0.3 is 9.64 Å². The number of rotatable bonds is 6. The minimum absolute atomic E-state index is 0.583. The lowest BCUT2D eigenvalue weighted by Crippen LogP contribution is -2.15. The van der Waals surface area contributed by atoms with Gasteiger partial charge in [-0.2, -0.15) is 0 Å². The van der Waals surface area contributed by atoms with Crippen molar-refractivity contribution in [1.29, 1.82) is 0 Å². The maximum atomic E-state index is 5.64. The summed E-state index contributed by atoms with van der Waals surface area (Å²) in [5.41, 5.74) is 1.00. The lowest BCUT2D eigenvalue weighted by atomic mass is 10.2. The van der Waals surface area contributed by atoms with E-state index in [4.69, 9.17) is 16.3 Å². The largest absolute Gasteiger partial charge is 0.494 e. The van der Waals surface area contributed by atoms with Gasteiger partial charge >= 0.3 is 0 Å².